The van der Waals surface area contributed by atoms with Gasteiger partial charge in [0.2, 0.25) is 5.82 Å². The van der Waals surface area contributed by atoms with Crippen LogP contribution in [0.25, 0.3) is 0 Å². The molecule has 0 radical (unpaired) electrons. The highest BCUT2D eigenvalue weighted by atomic mass is 19.1. The summed E-state index contributed by atoms with van der Waals surface area (Å²) in [5.74, 6) is 5.58. The molecule has 0 aliphatic carbocycles. The second kappa shape index (κ2) is 7.31. The van der Waals surface area contributed by atoms with E-state index < -0.39 is 4.92 Å². The first-order valence-corrected chi connectivity index (χ1v) is 7.86. The molecule has 0 fully saturated rings. The molecule has 1 heterocycles. The van der Waals surface area contributed by atoms with Crippen LogP contribution in [-0.4, -0.2) is 15.9 Å². The summed E-state index contributed by atoms with van der Waals surface area (Å²) >= 11 is 0. The fourth-order valence-corrected chi connectivity index (χ4v) is 1.87. The number of aromatic nitrogens is 1. The van der Waals surface area contributed by atoms with Gasteiger partial charge < -0.3 is 5.32 Å². The van der Waals surface area contributed by atoms with Crippen molar-refractivity contribution in [3.63, 3.8) is 0 Å². The van der Waals surface area contributed by atoms with Crippen molar-refractivity contribution in [1.82, 2.24) is 4.98 Å². The summed E-state index contributed by atoms with van der Waals surface area (Å²) in [6, 6.07) is 8.64. The van der Waals surface area contributed by atoms with E-state index in [-0.39, 0.29) is 28.8 Å². The van der Waals surface area contributed by atoms with E-state index in [4.69, 9.17) is 0 Å². The molecule has 0 spiro atoms. The third-order valence-corrected chi connectivity index (χ3v) is 3.90. The van der Waals surface area contributed by atoms with Crippen molar-refractivity contribution >= 4 is 11.5 Å². The summed E-state index contributed by atoms with van der Waals surface area (Å²) < 4.78 is 12.9. The average molecular weight is 341 g/mol. The second-order valence-electron chi connectivity index (χ2n) is 6.81. The predicted octanol–water partition coefficient (Wildman–Crippen LogP) is 4.38. The molecule has 2 aromatic rings. The second-order valence-corrected chi connectivity index (χ2v) is 6.81. The first kappa shape index (κ1) is 18.4. The molecule has 0 amide bonds. The number of pyridine rings is 1. The fraction of sp³-hybridized carbons (Fsp3) is 0.316. The van der Waals surface area contributed by atoms with Gasteiger partial charge in [-0.15, -0.1) is 0 Å². The highest BCUT2D eigenvalue weighted by Crippen LogP contribution is 2.27. The van der Waals surface area contributed by atoms with Gasteiger partial charge in [0, 0.05) is 17.7 Å². The monoisotopic (exact) mass is 341 g/mol. The van der Waals surface area contributed by atoms with Crippen molar-refractivity contribution in [3.8, 4) is 11.8 Å². The van der Waals surface area contributed by atoms with Crippen LogP contribution in [-0.2, 0) is 0 Å². The maximum absolute atomic E-state index is 12.9. The number of rotatable bonds is 3. The lowest BCUT2D eigenvalue weighted by molar-refractivity contribution is -0.384. The summed E-state index contributed by atoms with van der Waals surface area (Å²) in [5, 5.41) is 14.3. The Labute approximate surface area is 146 Å². The number of anilines is 1. The Bertz CT molecular complexity index is 830. The van der Waals surface area contributed by atoms with Crippen molar-refractivity contribution in [1.29, 1.82) is 0 Å². The highest BCUT2D eigenvalue weighted by Gasteiger charge is 2.24. The Kier molecular flexibility index (Phi) is 5.38. The van der Waals surface area contributed by atoms with Crippen LogP contribution in [0.3, 0.4) is 0 Å². The molecule has 5 nitrogen and oxygen atoms in total. The molecule has 1 aromatic heterocycles. The minimum absolute atomic E-state index is 0.0287. The predicted molar refractivity (Wildman–Crippen MR) is 95.8 cm³/mol. The van der Waals surface area contributed by atoms with Crippen molar-refractivity contribution in [2.24, 2.45) is 5.41 Å². The molecule has 25 heavy (non-hydrogen) atoms. The quantitative estimate of drug-likeness (QED) is 0.511. The summed E-state index contributed by atoms with van der Waals surface area (Å²) in [6.45, 7) is 8.06. The van der Waals surface area contributed by atoms with Gasteiger partial charge in [-0.1, -0.05) is 26.7 Å². The smallest absolute Gasteiger partial charge is 0.311 e. The summed E-state index contributed by atoms with van der Waals surface area (Å²) in [6.07, 6.45) is 0. The molecule has 0 saturated carbocycles. The molecule has 0 aliphatic heterocycles. The van der Waals surface area contributed by atoms with Gasteiger partial charge in [0.15, 0.2) is 0 Å². The maximum Gasteiger partial charge on any atom is 0.311 e. The number of benzene rings is 1. The van der Waals surface area contributed by atoms with Crippen molar-refractivity contribution in [2.75, 3.05) is 5.32 Å². The van der Waals surface area contributed by atoms with E-state index in [1.807, 2.05) is 27.7 Å². The first-order valence-electron chi connectivity index (χ1n) is 7.86. The molecule has 2 rings (SSSR count). The SMILES string of the molecule is C[C@@H](Nc1nc(C#Cc2ccc(F)cc2)ccc1[N+](=O)[O-])C(C)(C)C. The molecule has 0 saturated heterocycles. The van der Waals surface area contributed by atoms with Crippen molar-refractivity contribution in [2.45, 2.75) is 33.7 Å². The molecule has 1 N–H and O–H groups in total. The molecule has 0 unspecified atom stereocenters. The number of halogens is 1. The molecule has 6 heteroatoms. The van der Waals surface area contributed by atoms with E-state index >= 15 is 0 Å². The lowest BCUT2D eigenvalue weighted by Crippen LogP contribution is -2.31. The average Bonchev–Trinajstić information content (AvgIpc) is 2.53. The van der Waals surface area contributed by atoms with Gasteiger partial charge in [0.1, 0.15) is 11.5 Å². The Morgan fingerprint density at radius 3 is 2.36 bits per heavy atom. The minimum atomic E-state index is -0.470. The van der Waals surface area contributed by atoms with E-state index in [1.54, 1.807) is 12.1 Å². The fourth-order valence-electron chi connectivity index (χ4n) is 1.87. The van der Waals surface area contributed by atoms with E-state index in [0.717, 1.165) is 0 Å². The molecule has 130 valence electrons. The van der Waals surface area contributed by atoms with Crippen LogP contribution < -0.4 is 5.32 Å². The minimum Gasteiger partial charge on any atom is -0.361 e. The van der Waals surface area contributed by atoms with Crippen LogP contribution in [0.4, 0.5) is 15.9 Å². The molecule has 1 aromatic carbocycles. The molecule has 0 bridgehead atoms. The van der Waals surface area contributed by atoms with Gasteiger partial charge in [-0.25, -0.2) is 9.37 Å². The lowest BCUT2D eigenvalue weighted by atomic mass is 9.88. The van der Waals surface area contributed by atoms with Crippen LogP contribution in [0.15, 0.2) is 36.4 Å². The van der Waals surface area contributed by atoms with Crippen LogP contribution in [0, 0.1) is 33.2 Å². The standard InChI is InChI=1S/C19H20FN3O2/c1-13(19(2,3)4)21-18-17(23(24)25)12-11-16(22-18)10-7-14-5-8-15(20)9-6-14/h5-6,8-9,11-13H,1-4H3,(H,21,22)/t13-/m1/s1. The topological polar surface area (TPSA) is 68.1 Å². The third kappa shape index (κ3) is 5.01. The zero-order valence-corrected chi connectivity index (χ0v) is 14.6. The number of hydrogen-bond acceptors (Lipinski definition) is 4. The zero-order valence-electron chi connectivity index (χ0n) is 14.6. The van der Waals surface area contributed by atoms with Gasteiger partial charge in [-0.2, -0.15) is 0 Å². The molecular formula is C19H20FN3O2. The van der Waals surface area contributed by atoms with Crippen molar-refractivity contribution < 1.29 is 9.31 Å². The van der Waals surface area contributed by atoms with E-state index in [1.165, 1.54) is 24.3 Å². The number of nitrogens with zero attached hydrogens (tertiary/aromatic N) is 2. The maximum atomic E-state index is 12.9. The van der Waals surface area contributed by atoms with Gasteiger partial charge in [0.05, 0.1) is 4.92 Å². The number of nitrogens with one attached hydrogen (secondary N) is 1. The highest BCUT2D eigenvalue weighted by molar-refractivity contribution is 5.58. The van der Waals surface area contributed by atoms with Crippen LogP contribution in [0.5, 0.6) is 0 Å². The molecule has 0 aliphatic rings. The number of hydrogen-bond donors (Lipinski definition) is 1. The van der Waals surface area contributed by atoms with E-state index in [9.17, 15) is 14.5 Å². The van der Waals surface area contributed by atoms with Crippen LogP contribution >= 0.6 is 0 Å². The first-order chi connectivity index (χ1) is 11.7. The Morgan fingerprint density at radius 1 is 1.16 bits per heavy atom. The lowest BCUT2D eigenvalue weighted by Gasteiger charge is -2.28. The van der Waals surface area contributed by atoms with E-state index in [0.29, 0.717) is 11.3 Å². The van der Waals surface area contributed by atoms with Crippen LogP contribution in [0.2, 0.25) is 0 Å². The zero-order chi connectivity index (χ0) is 18.6. The van der Waals surface area contributed by atoms with Crippen molar-refractivity contribution in [3.05, 3.63) is 63.6 Å². The third-order valence-electron chi connectivity index (χ3n) is 3.90. The van der Waals surface area contributed by atoms with Gasteiger partial charge in [-0.3, -0.25) is 10.1 Å². The largest absolute Gasteiger partial charge is 0.361 e. The van der Waals surface area contributed by atoms with E-state index in [2.05, 4.69) is 22.1 Å². The van der Waals surface area contributed by atoms with Crippen LogP contribution in [0.1, 0.15) is 39.0 Å². The summed E-state index contributed by atoms with van der Waals surface area (Å²) in [5.41, 5.74) is 0.854. The summed E-state index contributed by atoms with van der Waals surface area (Å²) in [7, 11) is 0. The molecular weight excluding hydrogens is 321 g/mol. The summed E-state index contributed by atoms with van der Waals surface area (Å²) in [4.78, 5) is 15.0. The number of nitro groups is 1. The van der Waals surface area contributed by atoms with Gasteiger partial charge in [-0.05, 0) is 48.6 Å². The Balaban J connectivity index is 2.34. The Hall–Kier alpha value is -2.94. The Morgan fingerprint density at radius 2 is 1.80 bits per heavy atom. The normalized spacial score (nSPS) is 12.0. The van der Waals surface area contributed by atoms with Gasteiger partial charge in [0.25, 0.3) is 0 Å². The van der Waals surface area contributed by atoms with Gasteiger partial charge >= 0.3 is 5.69 Å². The molecule has 1 atom stereocenters.